The van der Waals surface area contributed by atoms with Crippen LogP contribution in [0.3, 0.4) is 0 Å². The highest BCUT2D eigenvalue weighted by atomic mass is 79.9. The summed E-state index contributed by atoms with van der Waals surface area (Å²) in [7, 11) is 0. The van der Waals surface area contributed by atoms with Crippen LogP contribution in [-0.2, 0) is 16.1 Å². The molecule has 0 spiro atoms. The molecule has 0 radical (unpaired) electrons. The van der Waals surface area contributed by atoms with E-state index in [0.29, 0.717) is 6.54 Å². The fourth-order valence-corrected chi connectivity index (χ4v) is 1.78. The zero-order valence-electron chi connectivity index (χ0n) is 11.5. The second-order valence-corrected chi connectivity index (χ2v) is 6.10. The van der Waals surface area contributed by atoms with Gasteiger partial charge in [0.05, 0.1) is 16.7 Å². The number of carbonyl (C=O) groups excluding carboxylic acids is 1. The van der Waals surface area contributed by atoms with Crippen molar-refractivity contribution in [2.24, 2.45) is 5.73 Å². The van der Waals surface area contributed by atoms with E-state index in [-0.39, 0.29) is 0 Å². The molecule has 1 heterocycles. The van der Waals surface area contributed by atoms with Gasteiger partial charge in [0, 0.05) is 5.69 Å². The molecular formula is C12H20BrN3O2. The van der Waals surface area contributed by atoms with Crippen LogP contribution in [0.15, 0.2) is 4.47 Å². The van der Waals surface area contributed by atoms with Crippen molar-refractivity contribution >= 4 is 21.9 Å². The molecule has 0 amide bonds. The summed E-state index contributed by atoms with van der Waals surface area (Å²) >= 11 is 3.44. The third kappa shape index (κ3) is 3.81. The van der Waals surface area contributed by atoms with Crippen LogP contribution in [0.1, 0.15) is 32.2 Å². The molecular weight excluding hydrogens is 298 g/mol. The monoisotopic (exact) mass is 317 g/mol. The van der Waals surface area contributed by atoms with Crippen molar-refractivity contribution in [3.05, 3.63) is 15.9 Å². The molecule has 0 aliphatic carbocycles. The first-order valence-electron chi connectivity index (χ1n) is 5.80. The van der Waals surface area contributed by atoms with E-state index in [1.54, 1.807) is 4.68 Å². The molecule has 0 aliphatic rings. The second kappa shape index (κ2) is 5.40. The molecule has 1 unspecified atom stereocenters. The molecule has 0 aliphatic heterocycles. The molecule has 1 aromatic rings. The first-order chi connectivity index (χ1) is 8.11. The maximum atomic E-state index is 11.8. The molecule has 5 nitrogen and oxygen atoms in total. The average molecular weight is 318 g/mol. The van der Waals surface area contributed by atoms with Crippen LogP contribution in [0.25, 0.3) is 0 Å². The van der Waals surface area contributed by atoms with Crippen molar-refractivity contribution in [1.82, 2.24) is 9.78 Å². The predicted molar refractivity (Wildman–Crippen MR) is 73.2 cm³/mol. The van der Waals surface area contributed by atoms with Crippen LogP contribution in [-0.4, -0.2) is 27.4 Å². The summed E-state index contributed by atoms with van der Waals surface area (Å²) in [6.45, 7) is 9.58. The number of halogens is 1. The van der Waals surface area contributed by atoms with Crippen molar-refractivity contribution in [2.75, 3.05) is 0 Å². The van der Waals surface area contributed by atoms with E-state index in [0.717, 1.165) is 15.9 Å². The third-order valence-corrected chi connectivity index (χ3v) is 3.52. The van der Waals surface area contributed by atoms with Gasteiger partial charge in [-0.2, -0.15) is 5.10 Å². The summed E-state index contributed by atoms with van der Waals surface area (Å²) in [6, 6.07) is -0.714. The van der Waals surface area contributed by atoms with Crippen molar-refractivity contribution < 1.29 is 9.53 Å². The SMILES string of the molecule is Cc1nn(CC(N)C(=O)OC(C)(C)C)c(C)c1Br. The van der Waals surface area contributed by atoms with Gasteiger partial charge < -0.3 is 10.5 Å². The summed E-state index contributed by atoms with van der Waals surface area (Å²) in [5, 5.41) is 4.31. The summed E-state index contributed by atoms with van der Waals surface area (Å²) in [5.74, 6) is -0.411. The van der Waals surface area contributed by atoms with Crippen molar-refractivity contribution in [3.63, 3.8) is 0 Å². The van der Waals surface area contributed by atoms with Gasteiger partial charge in [0.15, 0.2) is 0 Å². The number of aryl methyl sites for hydroxylation is 1. The summed E-state index contributed by atoms with van der Waals surface area (Å²) in [6.07, 6.45) is 0. The lowest BCUT2D eigenvalue weighted by molar-refractivity contribution is -0.156. The van der Waals surface area contributed by atoms with E-state index in [1.165, 1.54) is 0 Å². The Labute approximate surface area is 116 Å². The van der Waals surface area contributed by atoms with Crippen LogP contribution < -0.4 is 5.73 Å². The molecule has 102 valence electrons. The molecule has 0 bridgehead atoms. The minimum Gasteiger partial charge on any atom is -0.459 e. The largest absolute Gasteiger partial charge is 0.459 e. The summed E-state index contributed by atoms with van der Waals surface area (Å²) in [4.78, 5) is 11.8. The molecule has 1 aromatic heterocycles. The number of ether oxygens (including phenoxy) is 1. The van der Waals surface area contributed by atoms with Gasteiger partial charge in [-0.05, 0) is 50.5 Å². The van der Waals surface area contributed by atoms with Gasteiger partial charge >= 0.3 is 5.97 Å². The Morgan fingerprint density at radius 3 is 2.44 bits per heavy atom. The van der Waals surface area contributed by atoms with Crippen LogP contribution in [0, 0.1) is 13.8 Å². The second-order valence-electron chi connectivity index (χ2n) is 5.31. The van der Waals surface area contributed by atoms with E-state index in [2.05, 4.69) is 21.0 Å². The van der Waals surface area contributed by atoms with Crippen LogP contribution >= 0.6 is 15.9 Å². The molecule has 1 rings (SSSR count). The number of nitrogens with two attached hydrogens (primary N) is 1. The van der Waals surface area contributed by atoms with E-state index in [4.69, 9.17) is 10.5 Å². The van der Waals surface area contributed by atoms with E-state index < -0.39 is 17.6 Å². The lowest BCUT2D eigenvalue weighted by atomic mass is 10.2. The third-order valence-electron chi connectivity index (χ3n) is 2.37. The molecule has 2 N–H and O–H groups in total. The molecule has 0 fully saturated rings. The van der Waals surface area contributed by atoms with Gasteiger partial charge in [0.2, 0.25) is 0 Å². The lowest BCUT2D eigenvalue weighted by Crippen LogP contribution is -2.40. The van der Waals surface area contributed by atoms with Gasteiger partial charge in [-0.3, -0.25) is 9.48 Å². The molecule has 1 atom stereocenters. The van der Waals surface area contributed by atoms with Crippen molar-refractivity contribution in [3.8, 4) is 0 Å². The minimum absolute atomic E-state index is 0.313. The van der Waals surface area contributed by atoms with Crippen molar-refractivity contribution in [1.29, 1.82) is 0 Å². The van der Waals surface area contributed by atoms with E-state index in [1.807, 2.05) is 34.6 Å². The minimum atomic E-state index is -0.714. The maximum Gasteiger partial charge on any atom is 0.325 e. The number of aromatic nitrogens is 2. The average Bonchev–Trinajstić information content (AvgIpc) is 2.44. The zero-order chi connectivity index (χ0) is 14.1. The van der Waals surface area contributed by atoms with Gasteiger partial charge in [-0.25, -0.2) is 0 Å². The fraction of sp³-hybridized carbons (Fsp3) is 0.667. The predicted octanol–water partition coefficient (Wildman–Crippen LogP) is 1.93. The topological polar surface area (TPSA) is 70.1 Å². The van der Waals surface area contributed by atoms with Crippen molar-refractivity contribution in [2.45, 2.75) is 52.8 Å². The van der Waals surface area contributed by atoms with Crippen LogP contribution in [0.5, 0.6) is 0 Å². The highest BCUT2D eigenvalue weighted by Gasteiger charge is 2.23. The number of hydrogen-bond acceptors (Lipinski definition) is 4. The Kier molecular flexibility index (Phi) is 4.55. The Morgan fingerprint density at radius 1 is 1.50 bits per heavy atom. The summed E-state index contributed by atoms with van der Waals surface area (Å²) < 4.78 is 7.89. The van der Waals surface area contributed by atoms with Crippen LogP contribution in [0.2, 0.25) is 0 Å². The fourth-order valence-electron chi connectivity index (χ4n) is 1.49. The summed E-state index contributed by atoms with van der Waals surface area (Å²) in [5.41, 5.74) is 7.14. The number of nitrogens with zero attached hydrogens (tertiary/aromatic N) is 2. The van der Waals surface area contributed by atoms with Gasteiger partial charge in [0.1, 0.15) is 11.6 Å². The van der Waals surface area contributed by atoms with Gasteiger partial charge in [-0.15, -0.1) is 0 Å². The smallest absolute Gasteiger partial charge is 0.325 e. The molecule has 0 saturated carbocycles. The van der Waals surface area contributed by atoms with Gasteiger partial charge in [0.25, 0.3) is 0 Å². The number of rotatable bonds is 3. The molecule has 18 heavy (non-hydrogen) atoms. The Balaban J connectivity index is 2.73. The highest BCUT2D eigenvalue weighted by molar-refractivity contribution is 9.10. The van der Waals surface area contributed by atoms with E-state index in [9.17, 15) is 4.79 Å². The molecule has 0 saturated heterocycles. The zero-order valence-corrected chi connectivity index (χ0v) is 13.0. The maximum absolute atomic E-state index is 11.8. The normalized spacial score (nSPS) is 13.5. The number of esters is 1. The first kappa shape index (κ1) is 15.2. The standard InChI is InChI=1S/C12H20BrN3O2/c1-7-10(13)8(2)16(15-7)6-9(14)11(17)18-12(3,4)5/h9H,6,14H2,1-5H3. The van der Waals surface area contributed by atoms with E-state index >= 15 is 0 Å². The Morgan fingerprint density at radius 2 is 2.06 bits per heavy atom. The molecule has 0 aromatic carbocycles. The highest BCUT2D eigenvalue weighted by Crippen LogP contribution is 2.20. The Bertz CT molecular complexity index is 449. The van der Waals surface area contributed by atoms with Gasteiger partial charge in [-0.1, -0.05) is 0 Å². The molecule has 6 heteroatoms. The lowest BCUT2D eigenvalue weighted by Gasteiger charge is -2.22. The number of hydrogen-bond donors (Lipinski definition) is 1. The Hall–Kier alpha value is -0.880. The van der Waals surface area contributed by atoms with Crippen LogP contribution in [0.4, 0.5) is 0 Å². The first-order valence-corrected chi connectivity index (χ1v) is 6.59. The number of carbonyl (C=O) groups is 1. The quantitative estimate of drug-likeness (QED) is 0.865.